The average molecular weight is 304 g/mol. The van der Waals surface area contributed by atoms with Crippen molar-refractivity contribution < 1.29 is 14.3 Å². The van der Waals surface area contributed by atoms with E-state index >= 15 is 0 Å². The number of thiophene rings is 1. The van der Waals surface area contributed by atoms with Gasteiger partial charge in [-0.25, -0.2) is 0 Å². The summed E-state index contributed by atoms with van der Waals surface area (Å²) >= 11 is 1.37. The van der Waals surface area contributed by atoms with Crippen molar-refractivity contribution in [3.05, 3.63) is 29.1 Å². The molecule has 5 nitrogen and oxygen atoms in total. The van der Waals surface area contributed by atoms with Crippen molar-refractivity contribution in [3.8, 4) is 22.6 Å². The Morgan fingerprint density at radius 1 is 1.38 bits per heavy atom. The predicted molar refractivity (Wildman–Crippen MR) is 82.9 cm³/mol. The van der Waals surface area contributed by atoms with Crippen LogP contribution in [0.2, 0.25) is 0 Å². The van der Waals surface area contributed by atoms with Crippen LogP contribution in [0.25, 0.3) is 11.1 Å². The molecule has 1 aromatic carbocycles. The van der Waals surface area contributed by atoms with Crippen molar-refractivity contribution in [2.75, 3.05) is 19.1 Å². The van der Waals surface area contributed by atoms with Gasteiger partial charge in [-0.2, -0.15) is 0 Å². The van der Waals surface area contributed by atoms with Crippen LogP contribution in [-0.4, -0.2) is 19.2 Å². The Morgan fingerprint density at radius 3 is 3.00 bits per heavy atom. The molecule has 1 aliphatic heterocycles. The Labute approximate surface area is 126 Å². The van der Waals surface area contributed by atoms with Crippen LogP contribution < -0.4 is 20.5 Å². The third-order valence-corrected chi connectivity index (χ3v) is 4.08. The van der Waals surface area contributed by atoms with Crippen molar-refractivity contribution >= 4 is 22.2 Å². The summed E-state index contributed by atoms with van der Waals surface area (Å²) in [6, 6.07) is 5.63. The minimum absolute atomic E-state index is 0.136. The van der Waals surface area contributed by atoms with Gasteiger partial charge in [0.2, 0.25) is 6.79 Å². The van der Waals surface area contributed by atoms with E-state index in [1.165, 1.54) is 11.3 Å². The molecular weight excluding hydrogens is 288 g/mol. The molecular formula is C15H16N2O3S. The second-order valence-electron chi connectivity index (χ2n) is 4.71. The lowest BCUT2D eigenvalue weighted by molar-refractivity contribution is 0.0955. The highest BCUT2D eigenvalue weighted by Crippen LogP contribution is 2.39. The monoisotopic (exact) mass is 304 g/mol. The molecule has 1 aliphatic rings. The van der Waals surface area contributed by atoms with E-state index in [0.29, 0.717) is 22.9 Å². The van der Waals surface area contributed by atoms with E-state index in [1.807, 2.05) is 30.5 Å². The number of amides is 1. The van der Waals surface area contributed by atoms with Crippen LogP contribution in [0.5, 0.6) is 11.5 Å². The minimum Gasteiger partial charge on any atom is -0.454 e. The fourth-order valence-corrected chi connectivity index (χ4v) is 3.03. The van der Waals surface area contributed by atoms with Crippen molar-refractivity contribution in [2.24, 2.45) is 0 Å². The highest BCUT2D eigenvalue weighted by atomic mass is 32.1. The first-order valence-electron chi connectivity index (χ1n) is 6.76. The molecule has 6 heteroatoms. The summed E-state index contributed by atoms with van der Waals surface area (Å²) in [4.78, 5) is 12.3. The van der Waals surface area contributed by atoms with E-state index in [0.717, 1.165) is 23.3 Å². The smallest absolute Gasteiger partial charge is 0.254 e. The van der Waals surface area contributed by atoms with Crippen LogP contribution in [0.4, 0.5) is 5.00 Å². The number of hydrogen-bond acceptors (Lipinski definition) is 5. The molecule has 2 aromatic rings. The van der Waals surface area contributed by atoms with E-state index in [1.54, 1.807) is 0 Å². The molecule has 0 saturated carbocycles. The Hall–Kier alpha value is -2.21. The van der Waals surface area contributed by atoms with Gasteiger partial charge in [0.1, 0.15) is 0 Å². The number of nitrogens with one attached hydrogen (secondary N) is 1. The molecule has 0 radical (unpaired) electrons. The number of ether oxygens (including phenoxy) is 2. The summed E-state index contributed by atoms with van der Waals surface area (Å²) in [5.74, 6) is 1.28. The van der Waals surface area contributed by atoms with Crippen LogP contribution in [0, 0.1) is 0 Å². The molecule has 0 bridgehead atoms. The average Bonchev–Trinajstić information content (AvgIpc) is 3.10. The molecule has 0 saturated heterocycles. The van der Waals surface area contributed by atoms with Gasteiger partial charge < -0.3 is 20.5 Å². The molecule has 3 rings (SSSR count). The van der Waals surface area contributed by atoms with Crippen LogP contribution >= 0.6 is 11.3 Å². The van der Waals surface area contributed by atoms with Crippen molar-refractivity contribution in [1.29, 1.82) is 0 Å². The lowest BCUT2D eigenvalue weighted by Crippen LogP contribution is -2.24. The van der Waals surface area contributed by atoms with Gasteiger partial charge in [0.15, 0.2) is 11.5 Å². The number of nitrogen functional groups attached to an aromatic ring is 1. The van der Waals surface area contributed by atoms with Gasteiger partial charge in [0, 0.05) is 17.5 Å². The Balaban J connectivity index is 1.97. The van der Waals surface area contributed by atoms with Gasteiger partial charge in [-0.05, 0) is 24.1 Å². The third-order valence-electron chi connectivity index (χ3n) is 3.27. The highest BCUT2D eigenvalue weighted by molar-refractivity contribution is 7.15. The van der Waals surface area contributed by atoms with E-state index in [4.69, 9.17) is 15.2 Å². The molecule has 21 heavy (non-hydrogen) atoms. The highest BCUT2D eigenvalue weighted by Gasteiger charge is 2.20. The maximum atomic E-state index is 12.3. The quantitative estimate of drug-likeness (QED) is 0.911. The van der Waals surface area contributed by atoms with Crippen LogP contribution in [-0.2, 0) is 0 Å². The molecule has 0 spiro atoms. The number of carbonyl (C=O) groups excluding carboxylic acids is 1. The summed E-state index contributed by atoms with van der Waals surface area (Å²) < 4.78 is 10.7. The van der Waals surface area contributed by atoms with Gasteiger partial charge in [0.05, 0.1) is 10.6 Å². The van der Waals surface area contributed by atoms with Gasteiger partial charge >= 0.3 is 0 Å². The second kappa shape index (κ2) is 5.65. The van der Waals surface area contributed by atoms with Gasteiger partial charge in [-0.15, -0.1) is 11.3 Å². The first-order chi connectivity index (χ1) is 10.2. The molecule has 1 amide bonds. The zero-order valence-electron chi connectivity index (χ0n) is 11.6. The number of hydrogen-bond donors (Lipinski definition) is 2. The third kappa shape index (κ3) is 2.54. The Kier molecular flexibility index (Phi) is 3.70. The van der Waals surface area contributed by atoms with E-state index in [2.05, 4.69) is 5.32 Å². The standard InChI is InChI=1S/C15H16N2O3S/c1-2-5-17-15(18)13-10(7-21-14(13)16)9-3-4-11-12(6-9)20-8-19-11/h3-4,6-7H,2,5,8,16H2,1H3,(H,17,18). The van der Waals surface area contributed by atoms with Crippen molar-refractivity contribution in [2.45, 2.75) is 13.3 Å². The van der Waals surface area contributed by atoms with Crippen LogP contribution in [0.15, 0.2) is 23.6 Å². The fraction of sp³-hybridized carbons (Fsp3) is 0.267. The molecule has 0 fully saturated rings. The maximum absolute atomic E-state index is 12.3. The van der Waals surface area contributed by atoms with E-state index < -0.39 is 0 Å². The molecule has 110 valence electrons. The number of fused-ring (bicyclic) bond motifs is 1. The molecule has 0 unspecified atom stereocenters. The predicted octanol–water partition coefficient (Wildman–Crippen LogP) is 2.87. The van der Waals surface area contributed by atoms with Gasteiger partial charge in [0.25, 0.3) is 5.91 Å². The first-order valence-corrected chi connectivity index (χ1v) is 7.64. The van der Waals surface area contributed by atoms with Crippen LogP contribution in [0.3, 0.4) is 0 Å². The normalized spacial score (nSPS) is 12.4. The molecule has 0 aliphatic carbocycles. The summed E-state index contributed by atoms with van der Waals surface area (Å²) in [5, 5.41) is 5.29. The summed E-state index contributed by atoms with van der Waals surface area (Å²) in [7, 11) is 0. The lowest BCUT2D eigenvalue weighted by atomic mass is 10.0. The number of nitrogens with two attached hydrogens (primary N) is 1. The molecule has 0 atom stereocenters. The first kappa shape index (κ1) is 13.8. The van der Waals surface area contributed by atoms with Crippen molar-refractivity contribution in [3.63, 3.8) is 0 Å². The van der Waals surface area contributed by atoms with Crippen LogP contribution in [0.1, 0.15) is 23.7 Å². The Morgan fingerprint density at radius 2 is 2.19 bits per heavy atom. The van der Waals surface area contributed by atoms with E-state index in [9.17, 15) is 4.79 Å². The van der Waals surface area contributed by atoms with Crippen molar-refractivity contribution in [1.82, 2.24) is 5.32 Å². The second-order valence-corrected chi connectivity index (χ2v) is 5.62. The molecule has 3 N–H and O–H groups in total. The SMILES string of the molecule is CCCNC(=O)c1c(-c2ccc3c(c2)OCO3)csc1N. The summed E-state index contributed by atoms with van der Waals surface area (Å²) in [6.07, 6.45) is 0.884. The zero-order valence-corrected chi connectivity index (χ0v) is 12.5. The number of carbonyl (C=O) groups is 1. The van der Waals surface area contributed by atoms with E-state index in [-0.39, 0.29) is 12.7 Å². The van der Waals surface area contributed by atoms with Gasteiger partial charge in [-0.1, -0.05) is 13.0 Å². The summed E-state index contributed by atoms with van der Waals surface area (Å²) in [5.41, 5.74) is 8.22. The minimum atomic E-state index is -0.136. The molecule has 2 heterocycles. The topological polar surface area (TPSA) is 73.6 Å². The maximum Gasteiger partial charge on any atom is 0.254 e. The largest absolute Gasteiger partial charge is 0.454 e. The number of benzene rings is 1. The number of rotatable bonds is 4. The summed E-state index contributed by atoms with van der Waals surface area (Å²) in [6.45, 7) is 2.87. The zero-order chi connectivity index (χ0) is 14.8. The fourth-order valence-electron chi connectivity index (χ4n) is 2.21. The Bertz CT molecular complexity index is 682. The number of anilines is 1. The lowest BCUT2D eigenvalue weighted by Gasteiger charge is -2.07. The molecule has 1 aromatic heterocycles. The van der Waals surface area contributed by atoms with Gasteiger partial charge in [-0.3, -0.25) is 4.79 Å².